The largest absolute Gasteiger partial charge is 0.384 e. The number of para-hydroxylation sites is 1. The van der Waals surface area contributed by atoms with Gasteiger partial charge in [0.2, 0.25) is 5.56 Å². The van der Waals surface area contributed by atoms with E-state index in [1.165, 1.54) is 6.07 Å². The maximum absolute atomic E-state index is 11.0. The number of aromatic nitrogens is 3. The summed E-state index contributed by atoms with van der Waals surface area (Å²) in [6.07, 6.45) is 1.62. The number of hydrogen-bond acceptors (Lipinski definition) is 3. The first-order chi connectivity index (χ1) is 9.24. The highest BCUT2D eigenvalue weighted by Gasteiger charge is 2.08. The number of H-pyrrole nitrogens is 1. The Morgan fingerprint density at radius 1 is 1.11 bits per heavy atom. The van der Waals surface area contributed by atoms with Gasteiger partial charge in [0.05, 0.1) is 11.4 Å². The molecule has 0 fully saturated rings. The minimum atomic E-state index is -0.140. The van der Waals surface area contributed by atoms with E-state index in [-0.39, 0.29) is 5.56 Å². The van der Waals surface area contributed by atoms with Gasteiger partial charge >= 0.3 is 0 Å². The molecular weight excluding hydrogens is 240 g/mol. The van der Waals surface area contributed by atoms with Crippen LogP contribution >= 0.6 is 0 Å². The molecule has 1 aromatic carbocycles. The molecule has 19 heavy (non-hydrogen) atoms. The first-order valence-electron chi connectivity index (χ1n) is 5.84. The molecule has 0 aliphatic heterocycles. The lowest BCUT2D eigenvalue weighted by molar-refractivity contribution is 0.895. The number of nitrogens with one attached hydrogen (secondary N) is 1. The maximum atomic E-state index is 11.0. The number of benzene rings is 1. The van der Waals surface area contributed by atoms with E-state index in [4.69, 9.17) is 5.73 Å². The number of nitrogens with zero attached hydrogens (tertiary/aromatic N) is 2. The van der Waals surface area contributed by atoms with Crippen LogP contribution in [0.5, 0.6) is 0 Å². The lowest BCUT2D eigenvalue weighted by atomic mass is 10.2. The molecule has 2 heterocycles. The average Bonchev–Trinajstić information content (AvgIpc) is 2.83. The van der Waals surface area contributed by atoms with Crippen molar-refractivity contribution in [1.82, 2.24) is 14.8 Å². The second kappa shape index (κ2) is 4.45. The SMILES string of the molecule is Nc1cc(-c2ccc(=O)[nH]c2)nn1-c1ccccc1. The molecule has 3 N–H and O–H groups in total. The van der Waals surface area contributed by atoms with Crippen LogP contribution in [0, 0.1) is 0 Å². The van der Waals surface area contributed by atoms with Crippen molar-refractivity contribution in [3.05, 3.63) is 65.1 Å². The summed E-state index contributed by atoms with van der Waals surface area (Å²) in [5.74, 6) is 0.549. The molecule has 0 aliphatic carbocycles. The molecule has 0 saturated carbocycles. The zero-order valence-corrected chi connectivity index (χ0v) is 10.1. The predicted molar refractivity (Wildman–Crippen MR) is 74.0 cm³/mol. The van der Waals surface area contributed by atoms with Crippen LogP contribution in [0.25, 0.3) is 16.9 Å². The second-order valence-corrected chi connectivity index (χ2v) is 4.14. The van der Waals surface area contributed by atoms with Crippen LogP contribution in [0.1, 0.15) is 0 Å². The van der Waals surface area contributed by atoms with Gasteiger partial charge in [0.25, 0.3) is 0 Å². The van der Waals surface area contributed by atoms with Crippen molar-refractivity contribution in [2.45, 2.75) is 0 Å². The number of anilines is 1. The fourth-order valence-corrected chi connectivity index (χ4v) is 1.88. The molecule has 0 atom stereocenters. The third kappa shape index (κ3) is 2.13. The number of rotatable bonds is 2. The van der Waals surface area contributed by atoms with Gasteiger partial charge in [-0.2, -0.15) is 5.10 Å². The molecule has 0 radical (unpaired) electrons. The summed E-state index contributed by atoms with van der Waals surface area (Å²) >= 11 is 0. The number of pyridine rings is 1. The van der Waals surface area contributed by atoms with Crippen molar-refractivity contribution in [2.24, 2.45) is 0 Å². The van der Waals surface area contributed by atoms with Crippen LogP contribution in [0.4, 0.5) is 5.82 Å². The van der Waals surface area contributed by atoms with Crippen molar-refractivity contribution in [2.75, 3.05) is 5.73 Å². The highest BCUT2D eigenvalue weighted by molar-refractivity contribution is 5.62. The molecule has 94 valence electrons. The summed E-state index contributed by atoms with van der Waals surface area (Å²) in [5, 5.41) is 4.45. The van der Waals surface area contributed by atoms with Crippen LogP contribution in [-0.2, 0) is 0 Å². The highest BCUT2D eigenvalue weighted by atomic mass is 16.1. The van der Waals surface area contributed by atoms with Gasteiger partial charge in [-0.15, -0.1) is 0 Å². The summed E-state index contributed by atoms with van der Waals surface area (Å²) < 4.78 is 1.67. The zero-order valence-electron chi connectivity index (χ0n) is 10.1. The van der Waals surface area contributed by atoms with E-state index >= 15 is 0 Å². The number of nitrogens with two attached hydrogens (primary N) is 1. The van der Waals surface area contributed by atoms with Gasteiger partial charge in [-0.3, -0.25) is 4.79 Å². The Morgan fingerprint density at radius 3 is 2.58 bits per heavy atom. The fourth-order valence-electron chi connectivity index (χ4n) is 1.88. The second-order valence-electron chi connectivity index (χ2n) is 4.14. The van der Waals surface area contributed by atoms with Crippen LogP contribution in [0.3, 0.4) is 0 Å². The topological polar surface area (TPSA) is 76.7 Å². The van der Waals surface area contributed by atoms with Gasteiger partial charge in [0, 0.05) is 23.9 Å². The van der Waals surface area contributed by atoms with E-state index in [0.717, 1.165) is 16.9 Å². The van der Waals surface area contributed by atoms with Crippen LogP contribution in [0.15, 0.2) is 59.5 Å². The van der Waals surface area contributed by atoms with Crippen LogP contribution in [-0.4, -0.2) is 14.8 Å². The van der Waals surface area contributed by atoms with Crippen molar-refractivity contribution in [1.29, 1.82) is 0 Å². The van der Waals surface area contributed by atoms with Crippen LogP contribution in [0.2, 0.25) is 0 Å². The predicted octanol–water partition coefficient (Wildman–Crippen LogP) is 1.81. The standard InChI is InChI=1S/C14H12N4O/c15-13-8-12(10-6-7-14(19)16-9-10)17-18(13)11-4-2-1-3-5-11/h1-9H,15H2,(H,16,19). The number of hydrogen-bond donors (Lipinski definition) is 2. The molecule has 0 amide bonds. The Balaban J connectivity index is 2.07. The molecule has 0 saturated heterocycles. The van der Waals surface area contributed by atoms with E-state index in [1.54, 1.807) is 23.0 Å². The van der Waals surface area contributed by atoms with E-state index in [9.17, 15) is 4.79 Å². The first-order valence-corrected chi connectivity index (χ1v) is 5.84. The van der Waals surface area contributed by atoms with E-state index in [1.807, 2.05) is 30.3 Å². The average molecular weight is 252 g/mol. The molecule has 3 aromatic rings. The lowest BCUT2D eigenvalue weighted by Gasteiger charge is -2.02. The van der Waals surface area contributed by atoms with Gasteiger partial charge in [0.1, 0.15) is 5.82 Å². The third-order valence-corrected chi connectivity index (χ3v) is 2.82. The van der Waals surface area contributed by atoms with Gasteiger partial charge in [-0.05, 0) is 18.2 Å². The summed E-state index contributed by atoms with van der Waals surface area (Å²) in [5.41, 5.74) is 8.27. The van der Waals surface area contributed by atoms with Crippen LogP contribution < -0.4 is 11.3 Å². The third-order valence-electron chi connectivity index (χ3n) is 2.82. The normalized spacial score (nSPS) is 10.5. The summed E-state index contributed by atoms with van der Waals surface area (Å²) in [6, 6.07) is 14.6. The summed E-state index contributed by atoms with van der Waals surface area (Å²) in [4.78, 5) is 13.7. The van der Waals surface area contributed by atoms with Crippen molar-refractivity contribution in [3.8, 4) is 16.9 Å². The number of nitrogen functional groups attached to an aromatic ring is 1. The molecule has 0 spiro atoms. The molecule has 3 rings (SSSR count). The maximum Gasteiger partial charge on any atom is 0.247 e. The molecule has 0 bridgehead atoms. The molecule has 5 nitrogen and oxygen atoms in total. The van der Waals surface area contributed by atoms with Crippen molar-refractivity contribution < 1.29 is 0 Å². The van der Waals surface area contributed by atoms with E-state index in [2.05, 4.69) is 10.1 Å². The molecule has 5 heteroatoms. The van der Waals surface area contributed by atoms with Gasteiger partial charge < -0.3 is 10.7 Å². The van der Waals surface area contributed by atoms with Crippen molar-refractivity contribution >= 4 is 5.82 Å². The fraction of sp³-hybridized carbons (Fsp3) is 0. The Morgan fingerprint density at radius 2 is 1.89 bits per heavy atom. The van der Waals surface area contributed by atoms with E-state index < -0.39 is 0 Å². The monoisotopic (exact) mass is 252 g/mol. The Bertz CT molecular complexity index is 738. The molecule has 0 unspecified atom stereocenters. The highest BCUT2D eigenvalue weighted by Crippen LogP contribution is 2.21. The summed E-state index contributed by atoms with van der Waals surface area (Å²) in [7, 11) is 0. The minimum Gasteiger partial charge on any atom is -0.384 e. The smallest absolute Gasteiger partial charge is 0.247 e. The quantitative estimate of drug-likeness (QED) is 0.730. The van der Waals surface area contributed by atoms with E-state index in [0.29, 0.717) is 5.82 Å². The molecular formula is C14H12N4O. The lowest BCUT2D eigenvalue weighted by Crippen LogP contribution is -2.02. The first kappa shape index (κ1) is 11.3. The molecule has 0 aliphatic rings. The van der Waals surface area contributed by atoms with Gasteiger partial charge in [0.15, 0.2) is 0 Å². The Hall–Kier alpha value is -2.82. The number of aromatic amines is 1. The van der Waals surface area contributed by atoms with Gasteiger partial charge in [-0.25, -0.2) is 4.68 Å². The molecule has 2 aromatic heterocycles. The Labute approximate surface area is 109 Å². The zero-order chi connectivity index (χ0) is 13.2. The van der Waals surface area contributed by atoms with Crippen molar-refractivity contribution in [3.63, 3.8) is 0 Å². The van der Waals surface area contributed by atoms with Gasteiger partial charge in [-0.1, -0.05) is 18.2 Å². The summed E-state index contributed by atoms with van der Waals surface area (Å²) in [6.45, 7) is 0. The Kier molecular flexibility index (Phi) is 2.64. The minimum absolute atomic E-state index is 0.140.